The topological polar surface area (TPSA) is 40.5 Å². The van der Waals surface area contributed by atoms with Crippen LogP contribution in [0.1, 0.15) is 57.8 Å². The molecular formula is C16H29NO2. The zero-order chi connectivity index (χ0) is 13.6. The number of carbonyl (C=O) groups is 1. The molecule has 19 heavy (non-hydrogen) atoms. The van der Waals surface area contributed by atoms with Crippen LogP contribution in [0.2, 0.25) is 0 Å². The maximum Gasteiger partial charge on any atom is 0.127 e. The molecule has 2 fully saturated rings. The Morgan fingerprint density at radius 1 is 1.16 bits per heavy atom. The molecule has 2 aliphatic rings. The van der Waals surface area contributed by atoms with Crippen LogP contribution in [0, 0.1) is 11.3 Å². The summed E-state index contributed by atoms with van der Waals surface area (Å²) in [6.45, 7) is 3.48. The molecule has 0 aromatic rings. The van der Waals surface area contributed by atoms with Crippen LogP contribution in [0.3, 0.4) is 0 Å². The Morgan fingerprint density at radius 3 is 2.53 bits per heavy atom. The maximum atomic E-state index is 11.6. The lowest BCUT2D eigenvalue weighted by molar-refractivity contribution is -0.118. The van der Waals surface area contributed by atoms with Gasteiger partial charge < -0.3 is 14.8 Å². The first-order valence-corrected chi connectivity index (χ1v) is 8.07. The van der Waals surface area contributed by atoms with E-state index in [0.717, 1.165) is 38.9 Å². The van der Waals surface area contributed by atoms with Crippen molar-refractivity contribution in [2.24, 2.45) is 11.3 Å². The Labute approximate surface area is 117 Å². The van der Waals surface area contributed by atoms with Crippen molar-refractivity contribution >= 4 is 6.29 Å². The summed E-state index contributed by atoms with van der Waals surface area (Å²) < 4.78 is 0. The van der Waals surface area contributed by atoms with E-state index < -0.39 is 0 Å². The summed E-state index contributed by atoms with van der Waals surface area (Å²) in [4.78, 5) is 14.1. The highest BCUT2D eigenvalue weighted by Gasteiger charge is 2.34. The molecule has 1 unspecified atom stereocenters. The third-order valence-electron chi connectivity index (χ3n) is 5.03. The summed E-state index contributed by atoms with van der Waals surface area (Å²) in [5.74, 6) is 0.633. The van der Waals surface area contributed by atoms with Crippen LogP contribution in [0.5, 0.6) is 0 Å². The zero-order valence-corrected chi connectivity index (χ0v) is 12.1. The minimum Gasteiger partial charge on any atom is -0.396 e. The van der Waals surface area contributed by atoms with Crippen LogP contribution in [-0.4, -0.2) is 42.5 Å². The average molecular weight is 267 g/mol. The molecule has 1 N–H and O–H groups in total. The third kappa shape index (κ3) is 4.28. The minimum absolute atomic E-state index is 0.0718. The van der Waals surface area contributed by atoms with Gasteiger partial charge in [0.1, 0.15) is 6.29 Å². The molecule has 0 aromatic heterocycles. The van der Waals surface area contributed by atoms with Crippen molar-refractivity contribution in [2.45, 2.75) is 57.8 Å². The lowest BCUT2D eigenvalue weighted by Crippen LogP contribution is -2.44. The molecule has 2 rings (SSSR count). The van der Waals surface area contributed by atoms with Crippen molar-refractivity contribution in [1.82, 2.24) is 4.90 Å². The van der Waals surface area contributed by atoms with Crippen LogP contribution in [0.4, 0.5) is 0 Å². The van der Waals surface area contributed by atoms with E-state index in [1.807, 2.05) is 0 Å². The Morgan fingerprint density at radius 2 is 1.89 bits per heavy atom. The smallest absolute Gasteiger partial charge is 0.127 e. The van der Waals surface area contributed by atoms with Gasteiger partial charge in [0.15, 0.2) is 0 Å². The molecule has 0 spiro atoms. The van der Waals surface area contributed by atoms with Gasteiger partial charge in [-0.15, -0.1) is 0 Å². The lowest BCUT2D eigenvalue weighted by Gasteiger charge is -2.38. The van der Waals surface area contributed by atoms with Gasteiger partial charge in [-0.25, -0.2) is 0 Å². The first-order valence-electron chi connectivity index (χ1n) is 8.07. The molecule has 0 aromatic carbocycles. The zero-order valence-electron chi connectivity index (χ0n) is 12.1. The van der Waals surface area contributed by atoms with Gasteiger partial charge in [-0.1, -0.05) is 25.7 Å². The van der Waals surface area contributed by atoms with Crippen molar-refractivity contribution in [3.05, 3.63) is 0 Å². The highest BCUT2D eigenvalue weighted by Crippen LogP contribution is 2.35. The van der Waals surface area contributed by atoms with Crippen LogP contribution in [0.15, 0.2) is 0 Å². The fraction of sp³-hybridized carbons (Fsp3) is 0.938. The first-order chi connectivity index (χ1) is 9.28. The second kappa shape index (κ2) is 7.39. The van der Waals surface area contributed by atoms with Gasteiger partial charge in [0, 0.05) is 25.1 Å². The van der Waals surface area contributed by atoms with E-state index in [1.165, 1.54) is 44.8 Å². The molecule has 0 bridgehead atoms. The number of piperidine rings is 1. The van der Waals surface area contributed by atoms with E-state index in [2.05, 4.69) is 4.90 Å². The number of likely N-dealkylation sites (tertiary alicyclic amines) is 1. The van der Waals surface area contributed by atoms with Gasteiger partial charge >= 0.3 is 0 Å². The number of aliphatic hydroxyl groups is 1. The molecule has 3 nitrogen and oxygen atoms in total. The molecule has 110 valence electrons. The lowest BCUT2D eigenvalue weighted by atomic mass is 9.80. The molecule has 1 aliphatic carbocycles. The molecule has 1 aliphatic heterocycles. The van der Waals surface area contributed by atoms with Gasteiger partial charge in [0.05, 0.1) is 0 Å². The molecule has 1 saturated carbocycles. The maximum absolute atomic E-state index is 11.6. The van der Waals surface area contributed by atoms with E-state index in [1.54, 1.807) is 0 Å². The Kier molecular flexibility index (Phi) is 5.83. The Bertz CT molecular complexity index is 270. The fourth-order valence-electron chi connectivity index (χ4n) is 3.90. The molecule has 0 amide bonds. The Hall–Kier alpha value is -0.410. The van der Waals surface area contributed by atoms with Crippen molar-refractivity contribution < 1.29 is 9.90 Å². The van der Waals surface area contributed by atoms with Crippen molar-refractivity contribution in [3.8, 4) is 0 Å². The first kappa shape index (κ1) is 15.0. The average Bonchev–Trinajstić information content (AvgIpc) is 2.66. The van der Waals surface area contributed by atoms with Crippen LogP contribution < -0.4 is 0 Å². The minimum atomic E-state index is -0.0718. The number of hydrogen-bond donors (Lipinski definition) is 1. The van der Waals surface area contributed by atoms with E-state index in [4.69, 9.17) is 5.11 Å². The largest absolute Gasteiger partial charge is 0.396 e. The number of rotatable bonds is 5. The highest BCUT2D eigenvalue weighted by atomic mass is 16.3. The van der Waals surface area contributed by atoms with Crippen molar-refractivity contribution in [1.29, 1.82) is 0 Å². The van der Waals surface area contributed by atoms with Crippen LogP contribution >= 0.6 is 0 Å². The summed E-state index contributed by atoms with van der Waals surface area (Å²) in [5.41, 5.74) is -0.0718. The highest BCUT2D eigenvalue weighted by molar-refractivity contribution is 5.59. The Balaban J connectivity index is 1.91. The van der Waals surface area contributed by atoms with Crippen LogP contribution in [0.25, 0.3) is 0 Å². The van der Waals surface area contributed by atoms with Gasteiger partial charge in [-0.3, -0.25) is 0 Å². The van der Waals surface area contributed by atoms with Gasteiger partial charge in [0.2, 0.25) is 0 Å². The van der Waals surface area contributed by atoms with Gasteiger partial charge in [-0.05, 0) is 44.6 Å². The van der Waals surface area contributed by atoms with Crippen LogP contribution in [-0.2, 0) is 4.79 Å². The molecular weight excluding hydrogens is 238 g/mol. The SMILES string of the molecule is O=CC1(CN2CCCC(CCO)C2)CCCCCC1. The normalized spacial score (nSPS) is 28.8. The van der Waals surface area contributed by atoms with Crippen molar-refractivity contribution in [2.75, 3.05) is 26.2 Å². The van der Waals surface area contributed by atoms with E-state index in [9.17, 15) is 4.79 Å². The molecule has 0 radical (unpaired) electrons. The summed E-state index contributed by atoms with van der Waals surface area (Å²) in [5, 5.41) is 9.09. The van der Waals surface area contributed by atoms with E-state index >= 15 is 0 Å². The monoisotopic (exact) mass is 267 g/mol. The van der Waals surface area contributed by atoms with E-state index in [-0.39, 0.29) is 5.41 Å². The predicted octanol–water partition coefficient (Wildman–Crippen LogP) is 2.62. The molecule has 3 heteroatoms. The van der Waals surface area contributed by atoms with Gasteiger partial charge in [0.25, 0.3) is 0 Å². The number of nitrogens with zero attached hydrogens (tertiary/aromatic N) is 1. The summed E-state index contributed by atoms with van der Waals surface area (Å²) >= 11 is 0. The standard InChI is InChI=1S/C16H29NO2/c18-11-7-15-6-5-10-17(12-15)13-16(14-19)8-3-1-2-4-9-16/h14-15,18H,1-13H2. The third-order valence-corrected chi connectivity index (χ3v) is 5.03. The molecule has 1 heterocycles. The summed E-state index contributed by atoms with van der Waals surface area (Å²) in [7, 11) is 0. The second-order valence-electron chi connectivity index (χ2n) is 6.65. The number of aliphatic hydroxyl groups excluding tert-OH is 1. The molecule has 1 atom stereocenters. The van der Waals surface area contributed by atoms with E-state index in [0.29, 0.717) is 12.5 Å². The summed E-state index contributed by atoms with van der Waals surface area (Å²) in [6, 6.07) is 0. The quantitative estimate of drug-likeness (QED) is 0.615. The number of carbonyl (C=O) groups excluding carboxylic acids is 1. The van der Waals surface area contributed by atoms with Gasteiger partial charge in [-0.2, -0.15) is 0 Å². The predicted molar refractivity (Wildman–Crippen MR) is 77.1 cm³/mol. The number of aldehydes is 1. The second-order valence-corrected chi connectivity index (χ2v) is 6.65. The molecule has 1 saturated heterocycles. The number of hydrogen-bond acceptors (Lipinski definition) is 3. The summed E-state index contributed by atoms with van der Waals surface area (Å²) in [6.07, 6.45) is 11.8. The van der Waals surface area contributed by atoms with Crippen molar-refractivity contribution in [3.63, 3.8) is 0 Å². The fourth-order valence-corrected chi connectivity index (χ4v) is 3.90.